The molecule has 0 saturated carbocycles. The lowest BCUT2D eigenvalue weighted by Crippen LogP contribution is -2.07. The van der Waals surface area contributed by atoms with Gasteiger partial charge in [-0.15, -0.1) is 11.3 Å². The van der Waals surface area contributed by atoms with E-state index in [2.05, 4.69) is 11.1 Å². The molecule has 28 heavy (non-hydrogen) atoms. The average molecular weight is 382 g/mol. The molecule has 1 aromatic heterocycles. The monoisotopic (exact) mass is 382 g/mol. The van der Waals surface area contributed by atoms with E-state index in [0.717, 1.165) is 16.0 Å². The molecule has 0 unspecified atom stereocenters. The highest BCUT2D eigenvalue weighted by Crippen LogP contribution is 2.26. The van der Waals surface area contributed by atoms with Crippen molar-refractivity contribution in [3.63, 3.8) is 0 Å². The number of hydrogen-bond acceptors (Lipinski definition) is 5. The van der Waals surface area contributed by atoms with E-state index in [1.54, 1.807) is 18.2 Å². The minimum Gasteiger partial charge on any atom is -0.457 e. The summed E-state index contributed by atoms with van der Waals surface area (Å²) in [5.74, 6) is 1.40. The lowest BCUT2D eigenvalue weighted by Gasteiger charge is -2.06. The Balaban J connectivity index is 1.70. The highest BCUT2D eigenvalue weighted by atomic mass is 32.1. The highest BCUT2D eigenvalue weighted by Gasteiger charge is 2.09. The molecular weight excluding hydrogens is 368 g/mol. The second-order valence-corrected chi connectivity index (χ2v) is 7.01. The Morgan fingerprint density at radius 1 is 0.964 bits per heavy atom. The quantitative estimate of drug-likeness (QED) is 0.436. The normalized spacial score (nSPS) is 11.2. The zero-order valence-electron chi connectivity index (χ0n) is 14.7. The Kier molecular flexibility index (Phi) is 4.96. The van der Waals surface area contributed by atoms with Gasteiger partial charge < -0.3 is 4.74 Å². The maximum absolute atomic E-state index is 12.3. The van der Waals surface area contributed by atoms with Crippen LogP contribution in [0.3, 0.4) is 0 Å². The lowest BCUT2D eigenvalue weighted by atomic mass is 10.1. The summed E-state index contributed by atoms with van der Waals surface area (Å²) in [4.78, 5) is 16.4. The smallest absolute Gasteiger partial charge is 0.279 e. The van der Waals surface area contributed by atoms with E-state index in [4.69, 9.17) is 4.74 Å². The molecule has 0 saturated heterocycles. The predicted octanol–water partition coefficient (Wildman–Crippen LogP) is 5.51. The largest absolute Gasteiger partial charge is 0.457 e. The van der Waals surface area contributed by atoms with Crippen molar-refractivity contribution >= 4 is 33.1 Å². The van der Waals surface area contributed by atoms with Crippen LogP contribution in [0.2, 0.25) is 0 Å². The number of aromatic nitrogens is 1. The predicted molar refractivity (Wildman–Crippen MR) is 112 cm³/mol. The van der Waals surface area contributed by atoms with Crippen LogP contribution in [0, 0.1) is 11.3 Å². The molecule has 0 N–H and O–H groups in total. The molecule has 4 aromatic rings. The molecule has 4 rings (SSSR count). The van der Waals surface area contributed by atoms with Gasteiger partial charge in [0.2, 0.25) is 0 Å². The van der Waals surface area contributed by atoms with E-state index in [-0.39, 0.29) is 5.56 Å². The van der Waals surface area contributed by atoms with E-state index < -0.39 is 0 Å². The van der Waals surface area contributed by atoms with Crippen LogP contribution in [-0.4, -0.2) is 4.98 Å². The third-order valence-corrected chi connectivity index (χ3v) is 5.11. The summed E-state index contributed by atoms with van der Waals surface area (Å²) >= 11 is 1.33. The Morgan fingerprint density at radius 2 is 1.71 bits per heavy atom. The van der Waals surface area contributed by atoms with Gasteiger partial charge in [0.05, 0.1) is 11.0 Å². The third-order valence-electron chi connectivity index (χ3n) is 4.03. The highest BCUT2D eigenvalue weighted by molar-refractivity contribution is 7.19. The fourth-order valence-electron chi connectivity index (χ4n) is 2.73. The van der Waals surface area contributed by atoms with E-state index in [1.807, 2.05) is 66.7 Å². The molecule has 5 heteroatoms. The molecule has 0 atom stereocenters. The van der Waals surface area contributed by atoms with Crippen LogP contribution in [0.5, 0.6) is 11.5 Å². The van der Waals surface area contributed by atoms with Crippen LogP contribution in [0.25, 0.3) is 21.7 Å². The molecule has 1 heterocycles. The zero-order valence-corrected chi connectivity index (χ0v) is 15.5. The van der Waals surface area contributed by atoms with Gasteiger partial charge in [-0.25, -0.2) is 0 Å². The summed E-state index contributed by atoms with van der Waals surface area (Å²) in [7, 11) is 0. The van der Waals surface area contributed by atoms with Crippen molar-refractivity contribution in [3.8, 4) is 17.6 Å². The minimum atomic E-state index is -0.327. The van der Waals surface area contributed by atoms with Crippen molar-refractivity contribution in [3.05, 3.63) is 99.8 Å². The number of benzene rings is 3. The number of nitrogens with zero attached hydrogens (tertiary/aromatic N) is 2. The summed E-state index contributed by atoms with van der Waals surface area (Å²) in [5.41, 5.74) is 0.802. The van der Waals surface area contributed by atoms with Crippen molar-refractivity contribution in [2.45, 2.75) is 0 Å². The summed E-state index contributed by atoms with van der Waals surface area (Å²) in [5, 5.41) is 10.6. The first-order valence-electron chi connectivity index (χ1n) is 8.58. The summed E-state index contributed by atoms with van der Waals surface area (Å²) in [6.07, 6.45) is 1.71. The van der Waals surface area contributed by atoms with Crippen LogP contribution in [0.4, 0.5) is 0 Å². The van der Waals surface area contributed by atoms with Gasteiger partial charge in [-0.3, -0.25) is 4.79 Å². The Bertz CT molecular complexity index is 1270. The van der Waals surface area contributed by atoms with Gasteiger partial charge in [-0.2, -0.15) is 10.2 Å². The average Bonchev–Trinajstić information content (AvgIpc) is 2.73. The second-order valence-electron chi connectivity index (χ2n) is 5.98. The summed E-state index contributed by atoms with van der Waals surface area (Å²) < 4.78 is 6.65. The number of rotatable bonds is 4. The maximum Gasteiger partial charge on any atom is 0.279 e. The number of nitriles is 1. The molecule has 134 valence electrons. The first-order valence-corrected chi connectivity index (χ1v) is 9.39. The molecular formula is C23H14N2O2S. The number of allylic oxidation sites excluding steroid dienone is 1. The number of ether oxygens (including phenoxy) is 1. The van der Waals surface area contributed by atoms with Gasteiger partial charge in [0.1, 0.15) is 22.6 Å². The maximum atomic E-state index is 12.3. The van der Waals surface area contributed by atoms with E-state index >= 15 is 0 Å². The standard InChI is InChI=1S/C23H14N2O2S/c24-15-17(23-25-22(26)20-11-4-5-12-21(20)28-23)13-16-7-6-10-19(14-16)27-18-8-2-1-3-9-18/h1-14H. The van der Waals surface area contributed by atoms with Crippen molar-refractivity contribution < 1.29 is 4.74 Å². The van der Waals surface area contributed by atoms with Crippen molar-refractivity contribution in [2.24, 2.45) is 0 Å². The van der Waals surface area contributed by atoms with Gasteiger partial charge >= 0.3 is 0 Å². The van der Waals surface area contributed by atoms with Crippen molar-refractivity contribution in [1.82, 2.24) is 4.98 Å². The number of fused-ring (bicyclic) bond motifs is 1. The van der Waals surface area contributed by atoms with Crippen LogP contribution in [0.15, 0.2) is 83.7 Å². The summed E-state index contributed by atoms with van der Waals surface area (Å²) in [6.45, 7) is 0. The fourth-order valence-corrected chi connectivity index (χ4v) is 3.69. The second kappa shape index (κ2) is 7.87. The molecule has 0 amide bonds. The molecule has 0 aliphatic heterocycles. The molecule has 0 aliphatic carbocycles. The lowest BCUT2D eigenvalue weighted by molar-refractivity contribution is 0.482. The van der Waals surface area contributed by atoms with Crippen LogP contribution in [0.1, 0.15) is 10.6 Å². The third kappa shape index (κ3) is 3.83. The first-order chi connectivity index (χ1) is 13.7. The number of para-hydroxylation sites is 1. The molecule has 0 bridgehead atoms. The van der Waals surface area contributed by atoms with Crippen LogP contribution >= 0.6 is 11.3 Å². The SMILES string of the molecule is N#CC(=Cc1cccc(Oc2ccccc2)c1)c1nc(=O)c2ccccc2s1. The molecule has 0 fully saturated rings. The number of hydrogen-bond donors (Lipinski definition) is 0. The molecule has 0 radical (unpaired) electrons. The topological polar surface area (TPSA) is 63.0 Å². The fraction of sp³-hybridized carbons (Fsp3) is 0. The van der Waals surface area contributed by atoms with Crippen LogP contribution < -0.4 is 10.3 Å². The molecule has 4 nitrogen and oxygen atoms in total. The minimum absolute atomic E-state index is 0.327. The van der Waals surface area contributed by atoms with E-state index in [9.17, 15) is 10.1 Å². The summed E-state index contributed by atoms with van der Waals surface area (Å²) in [6, 6.07) is 26.3. The van der Waals surface area contributed by atoms with Crippen LogP contribution in [-0.2, 0) is 0 Å². The Hall–Kier alpha value is -3.75. The Labute approximate surface area is 165 Å². The first kappa shape index (κ1) is 17.7. The van der Waals surface area contributed by atoms with Crippen molar-refractivity contribution in [1.29, 1.82) is 5.26 Å². The Morgan fingerprint density at radius 3 is 2.54 bits per heavy atom. The van der Waals surface area contributed by atoms with Gasteiger partial charge in [0, 0.05) is 4.70 Å². The van der Waals surface area contributed by atoms with E-state index in [1.165, 1.54) is 11.3 Å². The zero-order chi connectivity index (χ0) is 19.3. The van der Waals surface area contributed by atoms with Gasteiger partial charge in [0.25, 0.3) is 5.56 Å². The van der Waals surface area contributed by atoms with Gasteiger partial charge in [-0.05, 0) is 48.0 Å². The van der Waals surface area contributed by atoms with E-state index in [0.29, 0.717) is 21.7 Å². The van der Waals surface area contributed by atoms with Crippen molar-refractivity contribution in [2.75, 3.05) is 0 Å². The molecule has 3 aromatic carbocycles. The van der Waals surface area contributed by atoms with Gasteiger partial charge in [0.15, 0.2) is 0 Å². The molecule has 0 spiro atoms. The molecule has 0 aliphatic rings. The van der Waals surface area contributed by atoms with Gasteiger partial charge in [-0.1, -0.05) is 42.5 Å².